The number of carbonyl (C=O) groups is 2. The monoisotopic (exact) mass is 370 g/mol. The van der Waals surface area contributed by atoms with E-state index in [4.69, 9.17) is 32.7 Å². The highest BCUT2D eigenvalue weighted by molar-refractivity contribution is 6.31. The molecular formula is C16H12Cl2O6. The maximum Gasteiger partial charge on any atom is 0.390 e. The molecule has 0 fully saturated rings. The minimum absolute atomic E-state index is 0.0101. The first kappa shape index (κ1) is 17.9. The summed E-state index contributed by atoms with van der Waals surface area (Å²) in [7, 11) is 2.76. The Hall–Kier alpha value is -2.44. The SMILES string of the molecule is COc1ccc(Cl)cc1C(=O)OOC(=O)c1cc(Cl)ccc1OC. The van der Waals surface area contributed by atoms with Crippen LogP contribution < -0.4 is 9.47 Å². The van der Waals surface area contributed by atoms with Crippen LogP contribution >= 0.6 is 23.2 Å². The van der Waals surface area contributed by atoms with Gasteiger partial charge >= 0.3 is 11.9 Å². The van der Waals surface area contributed by atoms with Gasteiger partial charge in [-0.15, -0.1) is 0 Å². The van der Waals surface area contributed by atoms with E-state index in [1.807, 2.05) is 0 Å². The highest BCUT2D eigenvalue weighted by Gasteiger charge is 2.21. The third kappa shape index (κ3) is 4.10. The van der Waals surface area contributed by atoms with Crippen LogP contribution in [0.5, 0.6) is 11.5 Å². The fraction of sp³-hybridized carbons (Fsp3) is 0.125. The molecule has 0 saturated carbocycles. The van der Waals surface area contributed by atoms with E-state index in [9.17, 15) is 9.59 Å². The fourth-order valence-corrected chi connectivity index (χ4v) is 2.19. The molecule has 8 heteroatoms. The van der Waals surface area contributed by atoms with Gasteiger partial charge in [-0.1, -0.05) is 23.2 Å². The second-order valence-electron chi connectivity index (χ2n) is 4.43. The molecule has 0 aliphatic carbocycles. The van der Waals surface area contributed by atoms with Crippen molar-refractivity contribution in [2.24, 2.45) is 0 Å². The van der Waals surface area contributed by atoms with Crippen molar-refractivity contribution in [1.82, 2.24) is 0 Å². The first-order valence-corrected chi connectivity index (χ1v) is 7.32. The molecule has 0 unspecified atom stereocenters. The third-order valence-corrected chi connectivity index (χ3v) is 3.43. The summed E-state index contributed by atoms with van der Waals surface area (Å²) in [4.78, 5) is 33.2. The van der Waals surface area contributed by atoms with E-state index >= 15 is 0 Å². The highest BCUT2D eigenvalue weighted by atomic mass is 35.5. The minimum atomic E-state index is -0.941. The molecule has 0 aliphatic heterocycles. The van der Waals surface area contributed by atoms with Crippen LogP contribution in [0.25, 0.3) is 0 Å². The van der Waals surface area contributed by atoms with Crippen LogP contribution in [0.2, 0.25) is 10.0 Å². The maximum atomic E-state index is 12.0. The molecule has 0 heterocycles. The van der Waals surface area contributed by atoms with Crippen molar-refractivity contribution in [3.05, 3.63) is 57.6 Å². The van der Waals surface area contributed by atoms with Crippen LogP contribution in [-0.4, -0.2) is 26.2 Å². The van der Waals surface area contributed by atoms with E-state index in [0.717, 1.165) is 0 Å². The van der Waals surface area contributed by atoms with Gasteiger partial charge in [0.15, 0.2) is 0 Å². The third-order valence-electron chi connectivity index (χ3n) is 2.96. The molecule has 24 heavy (non-hydrogen) atoms. The second kappa shape index (κ2) is 7.90. The molecule has 0 atom stereocenters. The van der Waals surface area contributed by atoms with Gasteiger partial charge in [-0.3, -0.25) is 0 Å². The number of hydrogen-bond donors (Lipinski definition) is 0. The van der Waals surface area contributed by atoms with E-state index in [1.165, 1.54) is 38.5 Å². The molecule has 0 spiro atoms. The topological polar surface area (TPSA) is 71.1 Å². The molecule has 0 aliphatic rings. The van der Waals surface area contributed by atoms with Crippen molar-refractivity contribution in [2.45, 2.75) is 0 Å². The number of rotatable bonds is 4. The lowest BCUT2D eigenvalue weighted by atomic mass is 10.2. The molecule has 0 N–H and O–H groups in total. The molecule has 0 saturated heterocycles. The Labute approximate surface area is 147 Å². The molecule has 0 amide bonds. The lowest BCUT2D eigenvalue weighted by Gasteiger charge is -2.09. The minimum Gasteiger partial charge on any atom is -0.496 e. The van der Waals surface area contributed by atoms with Gasteiger partial charge in [0.25, 0.3) is 0 Å². The van der Waals surface area contributed by atoms with Crippen molar-refractivity contribution in [3.63, 3.8) is 0 Å². The zero-order chi connectivity index (χ0) is 17.7. The van der Waals surface area contributed by atoms with Crippen molar-refractivity contribution >= 4 is 35.1 Å². The Morgan fingerprint density at radius 1 is 0.750 bits per heavy atom. The van der Waals surface area contributed by atoms with Crippen LogP contribution in [0.1, 0.15) is 20.7 Å². The summed E-state index contributed by atoms with van der Waals surface area (Å²) >= 11 is 11.7. The molecule has 0 radical (unpaired) electrons. The first-order valence-electron chi connectivity index (χ1n) is 6.56. The molecule has 6 nitrogen and oxygen atoms in total. The van der Waals surface area contributed by atoms with Gasteiger partial charge < -0.3 is 9.47 Å². The standard InChI is InChI=1S/C16H12Cl2O6/c1-21-13-5-3-9(17)7-11(13)15(19)23-24-16(20)12-8-10(18)4-6-14(12)22-2/h3-8H,1-2H3. The van der Waals surface area contributed by atoms with Crippen LogP contribution in [0.3, 0.4) is 0 Å². The van der Waals surface area contributed by atoms with Gasteiger partial charge in [-0.25, -0.2) is 19.4 Å². The van der Waals surface area contributed by atoms with Gasteiger partial charge in [0, 0.05) is 10.0 Å². The number of benzene rings is 2. The van der Waals surface area contributed by atoms with Gasteiger partial charge in [-0.2, -0.15) is 0 Å². The Kier molecular flexibility index (Phi) is 5.89. The van der Waals surface area contributed by atoms with Crippen molar-refractivity contribution in [1.29, 1.82) is 0 Å². The second-order valence-corrected chi connectivity index (χ2v) is 5.30. The first-order chi connectivity index (χ1) is 11.5. The number of halogens is 2. The number of methoxy groups -OCH3 is 2. The normalized spacial score (nSPS) is 10.0. The molecule has 2 rings (SSSR count). The van der Waals surface area contributed by atoms with Crippen LogP contribution in [0.4, 0.5) is 0 Å². The Bertz CT molecular complexity index is 710. The quantitative estimate of drug-likeness (QED) is 0.599. The largest absolute Gasteiger partial charge is 0.496 e. The Balaban J connectivity index is 2.13. The van der Waals surface area contributed by atoms with E-state index in [-0.39, 0.29) is 22.6 Å². The summed E-state index contributed by atoms with van der Waals surface area (Å²) in [5.41, 5.74) is 0.0201. The predicted molar refractivity (Wildman–Crippen MR) is 86.8 cm³/mol. The molecule has 0 aromatic heterocycles. The van der Waals surface area contributed by atoms with Crippen molar-refractivity contribution in [2.75, 3.05) is 14.2 Å². The van der Waals surface area contributed by atoms with E-state index in [1.54, 1.807) is 12.1 Å². The van der Waals surface area contributed by atoms with E-state index in [0.29, 0.717) is 10.0 Å². The van der Waals surface area contributed by atoms with Gasteiger partial charge in [0.2, 0.25) is 0 Å². The zero-order valence-corrected chi connectivity index (χ0v) is 14.2. The van der Waals surface area contributed by atoms with Gasteiger partial charge in [0.1, 0.15) is 22.6 Å². The molecule has 0 bridgehead atoms. The average molecular weight is 371 g/mol. The van der Waals surface area contributed by atoms with Crippen molar-refractivity contribution in [3.8, 4) is 11.5 Å². The maximum absolute atomic E-state index is 12.0. The predicted octanol–water partition coefficient (Wildman–Crippen LogP) is 3.94. The van der Waals surface area contributed by atoms with Crippen molar-refractivity contribution < 1.29 is 28.8 Å². The van der Waals surface area contributed by atoms with E-state index in [2.05, 4.69) is 9.78 Å². The zero-order valence-electron chi connectivity index (χ0n) is 12.7. The summed E-state index contributed by atoms with van der Waals surface area (Å²) in [5.74, 6) is -1.44. The lowest BCUT2D eigenvalue weighted by Crippen LogP contribution is -2.13. The molecular weight excluding hydrogens is 359 g/mol. The number of ether oxygens (including phenoxy) is 2. The highest BCUT2D eigenvalue weighted by Crippen LogP contribution is 2.25. The van der Waals surface area contributed by atoms with Crippen LogP contribution in [-0.2, 0) is 9.78 Å². The molecule has 126 valence electrons. The molecule has 2 aromatic carbocycles. The van der Waals surface area contributed by atoms with Gasteiger partial charge in [0.05, 0.1) is 14.2 Å². The molecule has 2 aromatic rings. The smallest absolute Gasteiger partial charge is 0.390 e. The van der Waals surface area contributed by atoms with Gasteiger partial charge in [-0.05, 0) is 36.4 Å². The van der Waals surface area contributed by atoms with Crippen LogP contribution in [0, 0.1) is 0 Å². The Morgan fingerprint density at radius 2 is 1.12 bits per heavy atom. The summed E-state index contributed by atoms with van der Waals surface area (Å²) in [6.07, 6.45) is 0. The lowest BCUT2D eigenvalue weighted by molar-refractivity contribution is -0.187. The number of hydrogen-bond acceptors (Lipinski definition) is 6. The summed E-state index contributed by atoms with van der Waals surface area (Å²) < 4.78 is 10.1. The summed E-state index contributed by atoms with van der Waals surface area (Å²) in [6, 6.07) is 8.72. The Morgan fingerprint density at radius 3 is 1.46 bits per heavy atom. The summed E-state index contributed by atoms with van der Waals surface area (Å²) in [5, 5.41) is 0.594. The fourth-order valence-electron chi connectivity index (χ4n) is 1.84. The number of carbonyl (C=O) groups excluding carboxylic acids is 2. The summed E-state index contributed by atoms with van der Waals surface area (Å²) in [6.45, 7) is 0. The average Bonchev–Trinajstić information content (AvgIpc) is 2.59. The van der Waals surface area contributed by atoms with Crippen LogP contribution in [0.15, 0.2) is 36.4 Å². The van der Waals surface area contributed by atoms with E-state index < -0.39 is 11.9 Å².